The number of likely N-dealkylation sites (tertiary alicyclic amines) is 1. The molecule has 1 fully saturated rings. The van der Waals surface area contributed by atoms with Crippen LogP contribution in [0, 0.1) is 5.92 Å². The van der Waals surface area contributed by atoms with Crippen LogP contribution in [0.25, 0.3) is 0 Å². The Morgan fingerprint density at radius 3 is 2.43 bits per heavy atom. The number of nitrogens with zero attached hydrogens (tertiary/aromatic N) is 2. The summed E-state index contributed by atoms with van der Waals surface area (Å²) in [7, 11) is 0. The highest BCUT2D eigenvalue weighted by molar-refractivity contribution is 6.00. The van der Waals surface area contributed by atoms with Gasteiger partial charge in [0.05, 0.1) is 5.56 Å². The van der Waals surface area contributed by atoms with Crippen molar-refractivity contribution >= 4 is 17.7 Å². The van der Waals surface area contributed by atoms with Gasteiger partial charge in [0.1, 0.15) is 5.69 Å². The van der Waals surface area contributed by atoms with E-state index in [0.717, 1.165) is 6.42 Å². The number of carbonyl (C=O) groups is 3. The molecule has 1 aliphatic heterocycles. The fraction of sp³-hybridized carbons (Fsp3) is 0.364. The molecule has 2 aromatic rings. The number of esters is 1. The summed E-state index contributed by atoms with van der Waals surface area (Å²) in [5, 5.41) is 0. The van der Waals surface area contributed by atoms with Gasteiger partial charge >= 0.3 is 5.97 Å². The topological polar surface area (TPSA) is 76.6 Å². The minimum atomic E-state index is -0.989. The first-order chi connectivity index (χ1) is 13.5. The fourth-order valence-electron chi connectivity index (χ4n) is 3.60. The van der Waals surface area contributed by atoms with Gasteiger partial charge in [-0.2, -0.15) is 0 Å². The van der Waals surface area contributed by atoms with Gasteiger partial charge in [-0.1, -0.05) is 24.3 Å². The zero-order valence-electron chi connectivity index (χ0n) is 16.1. The van der Waals surface area contributed by atoms with Crippen molar-refractivity contribution in [1.82, 2.24) is 9.88 Å². The quantitative estimate of drug-likeness (QED) is 0.588. The highest BCUT2D eigenvalue weighted by Gasteiger charge is 2.38. The molecule has 0 radical (unpaired) electrons. The molecule has 1 aliphatic rings. The van der Waals surface area contributed by atoms with Crippen LogP contribution >= 0.6 is 0 Å². The molecule has 146 valence electrons. The lowest BCUT2D eigenvalue weighted by atomic mass is 9.86. The summed E-state index contributed by atoms with van der Waals surface area (Å²) in [4.78, 5) is 43.6. The van der Waals surface area contributed by atoms with Gasteiger partial charge in [0, 0.05) is 31.6 Å². The van der Waals surface area contributed by atoms with Crippen molar-refractivity contribution in [3.8, 4) is 0 Å². The second kappa shape index (κ2) is 8.78. The number of Topliss-reactive ketones (excluding diaryl/α,β-unsaturated/α-hetero) is 1. The minimum Gasteiger partial charge on any atom is -0.450 e. The summed E-state index contributed by atoms with van der Waals surface area (Å²) < 4.78 is 5.69. The van der Waals surface area contributed by atoms with Crippen LogP contribution in [0.15, 0.2) is 54.7 Å². The Labute approximate surface area is 164 Å². The van der Waals surface area contributed by atoms with E-state index in [1.807, 2.05) is 6.92 Å². The predicted molar refractivity (Wildman–Crippen MR) is 104 cm³/mol. The predicted octanol–water partition coefficient (Wildman–Crippen LogP) is 3.14. The number of carbonyl (C=O) groups excluding carboxylic acids is 3. The average Bonchev–Trinajstić information content (AvgIpc) is 2.73. The van der Waals surface area contributed by atoms with Crippen molar-refractivity contribution in [2.75, 3.05) is 6.54 Å². The Balaban J connectivity index is 1.87. The summed E-state index contributed by atoms with van der Waals surface area (Å²) in [6, 6.07) is 13.7. The maximum absolute atomic E-state index is 13.1. The van der Waals surface area contributed by atoms with Crippen LogP contribution in [-0.2, 0) is 9.53 Å². The van der Waals surface area contributed by atoms with Crippen LogP contribution < -0.4 is 0 Å². The second-order valence-electron chi connectivity index (χ2n) is 7.13. The van der Waals surface area contributed by atoms with Gasteiger partial charge in [0.15, 0.2) is 6.10 Å². The molecule has 28 heavy (non-hydrogen) atoms. The minimum absolute atomic E-state index is 0.0457. The lowest BCUT2D eigenvalue weighted by Crippen LogP contribution is -2.50. The van der Waals surface area contributed by atoms with Crippen LogP contribution in [0.2, 0.25) is 0 Å². The summed E-state index contributed by atoms with van der Waals surface area (Å²) in [5.41, 5.74) is 0.635. The smallest absolute Gasteiger partial charge is 0.338 e. The third-order valence-corrected chi connectivity index (χ3v) is 5.17. The van der Waals surface area contributed by atoms with Gasteiger partial charge in [-0.3, -0.25) is 14.6 Å². The molecule has 1 amide bonds. The van der Waals surface area contributed by atoms with Crippen LogP contribution in [-0.4, -0.2) is 46.2 Å². The monoisotopic (exact) mass is 380 g/mol. The summed E-state index contributed by atoms with van der Waals surface area (Å²) >= 11 is 0. The normalized spacial score (nSPS) is 20.3. The number of piperidine rings is 1. The van der Waals surface area contributed by atoms with Gasteiger partial charge in [-0.05, 0) is 44.0 Å². The molecule has 0 aliphatic carbocycles. The molecule has 3 atom stereocenters. The zero-order valence-corrected chi connectivity index (χ0v) is 16.1. The number of aromatic nitrogens is 1. The number of rotatable bonds is 5. The number of pyridine rings is 1. The first kappa shape index (κ1) is 19.7. The molecule has 0 N–H and O–H groups in total. The molecule has 0 saturated carbocycles. The number of ether oxygens (including phenoxy) is 1. The van der Waals surface area contributed by atoms with Crippen LogP contribution in [0.3, 0.4) is 0 Å². The molecule has 3 rings (SSSR count). The van der Waals surface area contributed by atoms with Crippen molar-refractivity contribution in [3.05, 3.63) is 66.0 Å². The van der Waals surface area contributed by atoms with Crippen molar-refractivity contribution < 1.29 is 19.1 Å². The number of amides is 1. The summed E-state index contributed by atoms with van der Waals surface area (Å²) in [6.07, 6.45) is 1.99. The first-order valence-corrected chi connectivity index (χ1v) is 9.46. The molecule has 6 heteroatoms. The molecule has 3 unspecified atom stereocenters. The van der Waals surface area contributed by atoms with E-state index in [1.54, 1.807) is 53.4 Å². The van der Waals surface area contributed by atoms with Crippen LogP contribution in [0.1, 0.15) is 47.5 Å². The Morgan fingerprint density at radius 2 is 1.79 bits per heavy atom. The molecule has 6 nitrogen and oxygen atoms in total. The Hall–Kier alpha value is -3.02. The molecular weight excluding hydrogens is 356 g/mol. The van der Waals surface area contributed by atoms with E-state index in [4.69, 9.17) is 4.74 Å². The molecule has 0 spiro atoms. The van der Waals surface area contributed by atoms with Crippen molar-refractivity contribution in [1.29, 1.82) is 0 Å². The number of hydrogen-bond acceptors (Lipinski definition) is 5. The Morgan fingerprint density at radius 1 is 1.07 bits per heavy atom. The van der Waals surface area contributed by atoms with Gasteiger partial charge in [0.2, 0.25) is 11.7 Å². The van der Waals surface area contributed by atoms with Crippen LogP contribution in [0.4, 0.5) is 0 Å². The Kier molecular flexibility index (Phi) is 6.19. The summed E-state index contributed by atoms with van der Waals surface area (Å²) in [5.74, 6) is -1.21. The van der Waals surface area contributed by atoms with Gasteiger partial charge in [-0.25, -0.2) is 4.79 Å². The van der Waals surface area contributed by atoms with E-state index in [2.05, 4.69) is 4.98 Å². The highest BCUT2D eigenvalue weighted by atomic mass is 16.5. The lowest BCUT2D eigenvalue weighted by Gasteiger charge is -2.39. The van der Waals surface area contributed by atoms with Crippen LogP contribution in [0.5, 0.6) is 0 Å². The fourth-order valence-corrected chi connectivity index (χ4v) is 3.60. The Bertz CT molecular complexity index is 838. The van der Waals surface area contributed by atoms with Gasteiger partial charge in [0.25, 0.3) is 0 Å². The molecular formula is C22H24N2O4. The number of benzene rings is 1. The van der Waals surface area contributed by atoms with Crippen molar-refractivity contribution in [2.45, 2.75) is 38.8 Å². The molecule has 1 aromatic heterocycles. The standard InChI is InChI=1S/C22H24N2O4/c1-15-11-12-18(14-24(15)16(2)25)21(20(26)19-10-6-7-13-23-19)28-22(27)17-8-4-3-5-9-17/h3-10,13,15,18,21H,11-12,14H2,1-2H3. The third-order valence-electron chi connectivity index (χ3n) is 5.17. The lowest BCUT2D eigenvalue weighted by molar-refractivity contribution is -0.134. The van der Waals surface area contributed by atoms with E-state index in [-0.39, 0.29) is 29.3 Å². The molecule has 2 heterocycles. The van der Waals surface area contributed by atoms with E-state index in [1.165, 1.54) is 13.1 Å². The largest absolute Gasteiger partial charge is 0.450 e. The maximum atomic E-state index is 13.1. The molecule has 1 aromatic carbocycles. The van der Waals surface area contributed by atoms with Gasteiger partial charge < -0.3 is 9.64 Å². The third kappa shape index (κ3) is 4.44. The van der Waals surface area contributed by atoms with Gasteiger partial charge in [-0.15, -0.1) is 0 Å². The summed E-state index contributed by atoms with van der Waals surface area (Å²) in [6.45, 7) is 3.88. The first-order valence-electron chi connectivity index (χ1n) is 9.46. The molecule has 1 saturated heterocycles. The van der Waals surface area contributed by atoms with E-state index < -0.39 is 12.1 Å². The zero-order chi connectivity index (χ0) is 20.1. The highest BCUT2D eigenvalue weighted by Crippen LogP contribution is 2.28. The van der Waals surface area contributed by atoms with E-state index >= 15 is 0 Å². The van der Waals surface area contributed by atoms with Crippen molar-refractivity contribution in [2.24, 2.45) is 5.92 Å². The van der Waals surface area contributed by atoms with E-state index in [9.17, 15) is 14.4 Å². The number of hydrogen-bond donors (Lipinski definition) is 0. The maximum Gasteiger partial charge on any atom is 0.338 e. The second-order valence-corrected chi connectivity index (χ2v) is 7.13. The van der Waals surface area contributed by atoms with Crippen molar-refractivity contribution in [3.63, 3.8) is 0 Å². The SMILES string of the molecule is CC(=O)N1CC(C(OC(=O)c2ccccc2)C(=O)c2ccccn2)CCC1C. The number of ketones is 1. The average molecular weight is 380 g/mol. The van der Waals surface area contributed by atoms with E-state index in [0.29, 0.717) is 18.5 Å². The molecule has 0 bridgehead atoms.